The normalized spacial score (nSPS) is 15.5. The van der Waals surface area contributed by atoms with E-state index < -0.39 is 10.0 Å². The Morgan fingerprint density at radius 3 is 2.44 bits per heavy atom. The quantitative estimate of drug-likeness (QED) is 0.543. The monoisotopic (exact) mass is 472 g/mol. The summed E-state index contributed by atoms with van der Waals surface area (Å²) in [7, 11) is 1.08. The fraction of sp³-hybridized carbons (Fsp3) is 0.391. The van der Waals surface area contributed by atoms with E-state index in [-0.39, 0.29) is 16.8 Å². The zero-order valence-electron chi connectivity index (χ0n) is 18.8. The molecule has 0 bridgehead atoms. The van der Waals surface area contributed by atoms with Crippen LogP contribution in [0.25, 0.3) is 10.2 Å². The van der Waals surface area contributed by atoms with E-state index in [9.17, 15) is 13.2 Å². The summed E-state index contributed by atoms with van der Waals surface area (Å²) in [5.74, 6) is -0.213. The standard InChI is InChI=1S/C23H28N4O3S2/c1-16(22-24-19-9-5-6-10-21(19)31-22)26(4)23(28)18-15-17(32(29,30)25(2)3)11-12-20(18)27-13-7-8-14-27/h5-6,9-12,15-16H,7-8,13-14H2,1-4H3. The second kappa shape index (κ2) is 8.80. The number of amides is 1. The van der Waals surface area contributed by atoms with Crippen LogP contribution in [0.1, 0.15) is 41.2 Å². The fourth-order valence-electron chi connectivity index (χ4n) is 3.89. The van der Waals surface area contributed by atoms with Crippen molar-refractivity contribution in [3.8, 4) is 0 Å². The van der Waals surface area contributed by atoms with Crippen LogP contribution in [0.15, 0.2) is 47.4 Å². The number of hydrogen-bond acceptors (Lipinski definition) is 6. The number of sulfonamides is 1. The molecule has 3 aromatic rings. The fourth-order valence-corrected chi connectivity index (χ4v) is 5.88. The van der Waals surface area contributed by atoms with Gasteiger partial charge in [0.15, 0.2) is 0 Å². The van der Waals surface area contributed by atoms with Gasteiger partial charge in [0, 0.05) is 39.9 Å². The number of thiazole rings is 1. The summed E-state index contributed by atoms with van der Waals surface area (Å²) >= 11 is 1.57. The van der Waals surface area contributed by atoms with Gasteiger partial charge in [-0.25, -0.2) is 17.7 Å². The van der Waals surface area contributed by atoms with Crippen molar-refractivity contribution in [3.05, 3.63) is 53.0 Å². The molecule has 1 aliphatic rings. The van der Waals surface area contributed by atoms with E-state index in [1.807, 2.05) is 31.2 Å². The van der Waals surface area contributed by atoms with Crippen molar-refractivity contribution >= 4 is 43.2 Å². The third-order valence-electron chi connectivity index (χ3n) is 5.99. The molecule has 0 aliphatic carbocycles. The smallest absolute Gasteiger partial charge is 0.256 e. The van der Waals surface area contributed by atoms with E-state index in [0.29, 0.717) is 5.56 Å². The average Bonchev–Trinajstić information content (AvgIpc) is 3.47. The van der Waals surface area contributed by atoms with Crippen molar-refractivity contribution in [3.63, 3.8) is 0 Å². The van der Waals surface area contributed by atoms with Crippen LogP contribution < -0.4 is 4.90 Å². The van der Waals surface area contributed by atoms with Gasteiger partial charge in [0.1, 0.15) is 5.01 Å². The minimum Gasteiger partial charge on any atom is -0.371 e. The van der Waals surface area contributed by atoms with Gasteiger partial charge in [0.05, 0.1) is 26.7 Å². The molecule has 7 nitrogen and oxygen atoms in total. The van der Waals surface area contributed by atoms with Crippen molar-refractivity contribution in [1.82, 2.24) is 14.2 Å². The minimum absolute atomic E-state index is 0.120. The summed E-state index contributed by atoms with van der Waals surface area (Å²) in [6.07, 6.45) is 2.12. The van der Waals surface area contributed by atoms with Crippen LogP contribution in [0.3, 0.4) is 0 Å². The van der Waals surface area contributed by atoms with Crippen molar-refractivity contribution in [2.75, 3.05) is 39.1 Å². The van der Waals surface area contributed by atoms with Gasteiger partial charge in [-0.1, -0.05) is 12.1 Å². The van der Waals surface area contributed by atoms with Crippen LogP contribution in [0.5, 0.6) is 0 Å². The highest BCUT2D eigenvalue weighted by Crippen LogP contribution is 2.33. The molecule has 1 amide bonds. The van der Waals surface area contributed by atoms with Crippen LogP contribution >= 0.6 is 11.3 Å². The molecule has 9 heteroatoms. The lowest BCUT2D eigenvalue weighted by atomic mass is 10.1. The molecule has 0 spiro atoms. The van der Waals surface area contributed by atoms with Gasteiger partial charge in [0.25, 0.3) is 5.91 Å². The van der Waals surface area contributed by atoms with Gasteiger partial charge < -0.3 is 9.80 Å². The number of anilines is 1. The van der Waals surface area contributed by atoms with E-state index in [4.69, 9.17) is 4.98 Å². The first-order chi connectivity index (χ1) is 15.2. The summed E-state index contributed by atoms with van der Waals surface area (Å²) < 4.78 is 27.7. The van der Waals surface area contributed by atoms with Crippen molar-refractivity contribution in [2.24, 2.45) is 0 Å². The lowest BCUT2D eigenvalue weighted by Crippen LogP contribution is -2.32. The number of hydrogen-bond donors (Lipinski definition) is 0. The highest BCUT2D eigenvalue weighted by atomic mass is 32.2. The first-order valence-electron chi connectivity index (χ1n) is 10.6. The first kappa shape index (κ1) is 22.7. The lowest BCUT2D eigenvalue weighted by molar-refractivity contribution is 0.0743. The molecule has 1 fully saturated rings. The van der Waals surface area contributed by atoms with Crippen LogP contribution in [-0.2, 0) is 10.0 Å². The van der Waals surface area contributed by atoms with Crippen molar-refractivity contribution in [2.45, 2.75) is 30.7 Å². The molecule has 1 unspecified atom stereocenters. The van der Waals surface area contributed by atoms with Crippen LogP contribution in [0.2, 0.25) is 0 Å². The second-order valence-electron chi connectivity index (χ2n) is 8.27. The minimum atomic E-state index is -3.65. The summed E-state index contributed by atoms with van der Waals surface area (Å²) in [6, 6.07) is 12.5. The predicted molar refractivity (Wildman–Crippen MR) is 129 cm³/mol. The van der Waals surface area contributed by atoms with Crippen LogP contribution in [0.4, 0.5) is 5.69 Å². The number of carbonyl (C=O) groups excluding carboxylic acids is 1. The number of para-hydroxylation sites is 1. The topological polar surface area (TPSA) is 73.8 Å². The maximum atomic E-state index is 13.7. The van der Waals surface area contributed by atoms with Gasteiger partial charge in [-0.2, -0.15) is 0 Å². The third kappa shape index (κ3) is 4.12. The van der Waals surface area contributed by atoms with Crippen molar-refractivity contribution in [1.29, 1.82) is 0 Å². The van der Waals surface area contributed by atoms with Gasteiger partial charge in [-0.3, -0.25) is 4.79 Å². The number of benzene rings is 2. The molecular formula is C23H28N4O3S2. The summed E-state index contributed by atoms with van der Waals surface area (Å²) in [5.41, 5.74) is 2.11. The van der Waals surface area contributed by atoms with Gasteiger partial charge >= 0.3 is 0 Å². The Labute approximate surface area is 193 Å². The maximum absolute atomic E-state index is 13.7. The molecule has 1 aromatic heterocycles. The maximum Gasteiger partial charge on any atom is 0.256 e. The molecule has 2 aromatic carbocycles. The SMILES string of the molecule is CC(c1nc2ccccc2s1)N(C)C(=O)c1cc(S(=O)(=O)N(C)C)ccc1N1CCCC1. The summed E-state index contributed by atoms with van der Waals surface area (Å²) in [5, 5.41) is 0.849. The van der Waals surface area contributed by atoms with E-state index >= 15 is 0 Å². The molecule has 1 atom stereocenters. The van der Waals surface area contributed by atoms with Crippen LogP contribution in [0, 0.1) is 0 Å². The molecule has 0 N–H and O–H groups in total. The zero-order valence-corrected chi connectivity index (χ0v) is 20.4. The molecule has 32 heavy (non-hydrogen) atoms. The van der Waals surface area contributed by atoms with Gasteiger partial charge in [-0.05, 0) is 50.1 Å². The van der Waals surface area contributed by atoms with Gasteiger partial charge in [0.2, 0.25) is 10.0 Å². The van der Waals surface area contributed by atoms with Crippen molar-refractivity contribution < 1.29 is 13.2 Å². The zero-order chi connectivity index (χ0) is 23.0. The molecule has 2 heterocycles. The Morgan fingerprint density at radius 1 is 1.09 bits per heavy atom. The Kier molecular flexibility index (Phi) is 6.24. The predicted octanol–water partition coefficient (Wildman–Crippen LogP) is 3.98. The second-order valence-corrected chi connectivity index (χ2v) is 11.5. The summed E-state index contributed by atoms with van der Waals surface area (Å²) in [6.45, 7) is 3.67. The number of aromatic nitrogens is 1. The molecule has 170 valence electrons. The van der Waals surface area contributed by atoms with E-state index in [1.165, 1.54) is 24.5 Å². The first-order valence-corrected chi connectivity index (χ1v) is 12.9. The third-order valence-corrected chi connectivity index (χ3v) is 9.01. The molecule has 0 saturated carbocycles. The Balaban J connectivity index is 1.72. The molecule has 0 radical (unpaired) electrons. The Morgan fingerprint density at radius 2 is 1.78 bits per heavy atom. The highest BCUT2D eigenvalue weighted by molar-refractivity contribution is 7.89. The number of nitrogens with zero attached hydrogens (tertiary/aromatic N) is 4. The van der Waals surface area contributed by atoms with Gasteiger partial charge in [-0.15, -0.1) is 11.3 Å². The van der Waals surface area contributed by atoms with E-state index in [0.717, 1.165) is 46.8 Å². The Bertz CT molecular complexity index is 1210. The van der Waals surface area contributed by atoms with E-state index in [1.54, 1.807) is 35.4 Å². The number of fused-ring (bicyclic) bond motifs is 1. The lowest BCUT2D eigenvalue weighted by Gasteiger charge is -2.27. The molecule has 4 rings (SSSR count). The number of rotatable bonds is 6. The largest absolute Gasteiger partial charge is 0.371 e. The molecule has 1 aliphatic heterocycles. The van der Waals surface area contributed by atoms with Crippen LogP contribution in [-0.4, -0.2) is 62.7 Å². The highest BCUT2D eigenvalue weighted by Gasteiger charge is 2.28. The average molecular weight is 473 g/mol. The molecular weight excluding hydrogens is 444 g/mol. The van der Waals surface area contributed by atoms with E-state index in [2.05, 4.69) is 4.90 Å². The number of carbonyl (C=O) groups is 1. The Hall–Kier alpha value is -2.49. The molecule has 1 saturated heterocycles. The summed E-state index contributed by atoms with van der Waals surface area (Å²) in [4.78, 5) is 22.3.